The highest BCUT2D eigenvalue weighted by Gasteiger charge is 2.34. The molecule has 15 heavy (non-hydrogen) atoms. The molecular formula is C8H15NO6. The Kier molecular flexibility index (Phi) is 4.79. The van der Waals surface area contributed by atoms with Crippen LogP contribution in [0.3, 0.4) is 0 Å². The van der Waals surface area contributed by atoms with E-state index in [4.69, 9.17) is 16.7 Å². The molecule has 0 heterocycles. The molecule has 4 atom stereocenters. The summed E-state index contributed by atoms with van der Waals surface area (Å²) in [6.45, 7) is 0.376. The lowest BCUT2D eigenvalue weighted by atomic mass is 9.99. The van der Waals surface area contributed by atoms with Crippen molar-refractivity contribution in [3.63, 3.8) is 0 Å². The van der Waals surface area contributed by atoms with Gasteiger partial charge in [-0.25, -0.2) is 0 Å². The number of rotatable bonds is 7. The zero-order chi connectivity index (χ0) is 12.9. The summed E-state index contributed by atoms with van der Waals surface area (Å²) in [5.74, 6) is -2.42. The quantitative estimate of drug-likeness (QED) is 0.282. The van der Waals surface area contributed by atoms with Crippen molar-refractivity contribution in [2.45, 2.75) is 31.3 Å². The van der Waals surface area contributed by atoms with Gasteiger partial charge in [-0.05, 0) is 6.92 Å². The van der Waals surface area contributed by atoms with Gasteiger partial charge in [0.2, 0.25) is 11.6 Å². The summed E-state index contributed by atoms with van der Waals surface area (Å²) in [5.41, 5.74) is 1.76. The molecule has 0 rings (SSSR count). The smallest absolute Gasteiger partial charge is 0.231 e. The van der Waals surface area contributed by atoms with Gasteiger partial charge in [0.25, 0.3) is 0 Å². The maximum absolute atomic E-state index is 11.2. The highest BCUT2D eigenvalue weighted by atomic mass is 16.4. The van der Waals surface area contributed by atoms with Crippen LogP contribution in [0.4, 0.5) is 0 Å². The molecule has 0 aromatic rings. The molecule has 0 radical (unpaired) electrons. The Morgan fingerprint density at radius 3 is 2.27 bits per heavy atom. The van der Waals surface area contributed by atoms with Crippen LogP contribution in [0.25, 0.3) is 0 Å². The van der Waals surface area contributed by atoms with Crippen LogP contribution < -0.4 is 5.73 Å². The first-order valence-electron chi connectivity index (χ1n) is 4.77. The molecule has 0 saturated carbocycles. The normalized spacial score (nSPS) is 19.9. The lowest BCUT2D eigenvalue weighted by molar-refractivity contribution is -0.150. The van der Waals surface area contributed by atoms with Crippen LogP contribution in [-0.4, -0.2) is 63.0 Å². The Morgan fingerprint density at radius 2 is 1.87 bits per heavy atom. The number of Topliss-reactive ketones (excluding diaryl/α,β-unsaturated/α-hetero) is 2. The summed E-state index contributed by atoms with van der Waals surface area (Å²) in [4.78, 5) is 22.4. The van der Waals surface area contributed by atoms with Crippen molar-refractivity contribution in [2.24, 2.45) is 5.73 Å². The fourth-order valence-corrected chi connectivity index (χ4v) is 0.833. The van der Waals surface area contributed by atoms with Gasteiger partial charge in [0.15, 0.2) is 0 Å². The van der Waals surface area contributed by atoms with Crippen molar-refractivity contribution < 1.29 is 31.4 Å². The minimum atomic E-state index is -2.12. The van der Waals surface area contributed by atoms with E-state index in [-0.39, 0.29) is 0 Å². The van der Waals surface area contributed by atoms with Crippen LogP contribution >= 0.6 is 0 Å². The third kappa shape index (κ3) is 3.65. The van der Waals surface area contributed by atoms with E-state index >= 15 is 0 Å². The molecular weight excluding hydrogens is 206 g/mol. The van der Waals surface area contributed by atoms with E-state index in [2.05, 4.69) is 0 Å². The summed E-state index contributed by atoms with van der Waals surface area (Å²) in [7, 11) is 0. The van der Waals surface area contributed by atoms with Crippen LogP contribution in [0.1, 0.15) is 6.92 Å². The van der Waals surface area contributed by atoms with Gasteiger partial charge in [-0.3, -0.25) is 9.59 Å². The number of aliphatic hydroxyl groups excluding tert-OH is 4. The fraction of sp³-hybridized carbons (Fsp3) is 0.750. The Hall–Kier alpha value is -0.860. The molecule has 7 heteroatoms. The Morgan fingerprint density at radius 1 is 1.33 bits per heavy atom. The van der Waals surface area contributed by atoms with Crippen LogP contribution in [0.15, 0.2) is 0 Å². The standard InChI is InChI=1S/C8H15NO6/c1-3(9)5(12)7(14)8(15)6(13)4(11)2-10/h3-4,6,8,10-11,13,15H,2,9H2,1H3/t3-,4+,6+,8+/m0/s1/i/hD. The molecule has 0 aliphatic carbocycles. The summed E-state index contributed by atoms with van der Waals surface area (Å²) in [6.07, 6.45) is -5.78. The zero-order valence-corrected chi connectivity index (χ0v) is 8.12. The first-order valence-corrected chi connectivity index (χ1v) is 4.27. The largest absolute Gasteiger partial charge is 0.394 e. The molecule has 0 aliphatic rings. The van der Waals surface area contributed by atoms with E-state index in [9.17, 15) is 14.7 Å². The monoisotopic (exact) mass is 222 g/mol. The number of carbonyl (C=O) groups excluding carboxylic acids is 2. The third-order valence-corrected chi connectivity index (χ3v) is 1.81. The maximum Gasteiger partial charge on any atom is 0.231 e. The second kappa shape index (κ2) is 5.89. The topological polar surface area (TPSA) is 141 Å². The predicted octanol–water partition coefficient (Wildman–Crippen LogP) is -3.45. The Balaban J connectivity index is 4.55. The molecule has 6 N–H and O–H groups in total. The first-order chi connectivity index (χ1) is 7.36. The molecule has 0 aromatic heterocycles. The number of hydrogen-bond acceptors (Lipinski definition) is 7. The van der Waals surface area contributed by atoms with Gasteiger partial charge in [0.1, 0.15) is 19.7 Å². The highest BCUT2D eigenvalue weighted by molar-refractivity contribution is 6.40. The predicted molar refractivity (Wildman–Crippen MR) is 48.8 cm³/mol. The van der Waals surface area contributed by atoms with E-state index in [1.807, 2.05) is 0 Å². The fourth-order valence-electron chi connectivity index (χ4n) is 0.833. The Bertz CT molecular complexity index is 261. The minimum absolute atomic E-state index is 0.855. The average molecular weight is 222 g/mol. The van der Waals surface area contributed by atoms with Crippen LogP contribution in [0.2, 0.25) is 1.41 Å². The van der Waals surface area contributed by atoms with Gasteiger partial charge in [0.05, 0.1) is 12.6 Å². The molecule has 0 saturated heterocycles. The van der Waals surface area contributed by atoms with E-state index in [1.54, 1.807) is 5.73 Å². The number of carbonyl (C=O) groups is 2. The van der Waals surface area contributed by atoms with Gasteiger partial charge < -0.3 is 26.2 Å². The highest BCUT2D eigenvalue weighted by Crippen LogP contribution is 2.02. The minimum Gasteiger partial charge on any atom is -0.394 e. The van der Waals surface area contributed by atoms with Crippen LogP contribution in [0.5, 0.6) is 0 Å². The van der Waals surface area contributed by atoms with Crippen LogP contribution in [0, 0.1) is 0 Å². The lowest BCUT2D eigenvalue weighted by Crippen LogP contribution is -2.49. The summed E-state index contributed by atoms with van der Waals surface area (Å²) in [6, 6.07) is -1.12. The lowest BCUT2D eigenvalue weighted by Gasteiger charge is -2.20. The third-order valence-electron chi connectivity index (χ3n) is 1.81. The summed E-state index contributed by atoms with van der Waals surface area (Å²) in [5, 5.41) is 35.8. The van der Waals surface area contributed by atoms with Gasteiger partial charge in [-0.1, -0.05) is 0 Å². The zero-order valence-electron chi connectivity index (χ0n) is 9.12. The van der Waals surface area contributed by atoms with Gasteiger partial charge >= 0.3 is 0 Å². The Labute approximate surface area is 87.6 Å². The van der Waals surface area contributed by atoms with Gasteiger partial charge in [-0.15, -0.1) is 0 Å². The number of ketones is 2. The summed E-state index contributed by atoms with van der Waals surface area (Å²) < 4.78 is 6.64. The van der Waals surface area contributed by atoms with E-state index in [0.29, 0.717) is 0 Å². The summed E-state index contributed by atoms with van der Waals surface area (Å²) >= 11 is 0. The van der Waals surface area contributed by atoms with E-state index < -0.39 is 42.5 Å². The number of hydrogen-bond donors (Lipinski definition) is 5. The molecule has 7 nitrogen and oxygen atoms in total. The molecule has 0 bridgehead atoms. The molecule has 0 aromatic carbocycles. The van der Waals surface area contributed by atoms with E-state index in [0.717, 1.165) is 0 Å². The number of nitrogens with two attached hydrogens (primary N) is 1. The van der Waals surface area contributed by atoms with Gasteiger partial charge in [0, 0.05) is 0 Å². The van der Waals surface area contributed by atoms with Crippen molar-refractivity contribution in [1.29, 1.82) is 0 Å². The van der Waals surface area contributed by atoms with Crippen molar-refractivity contribution in [1.82, 2.24) is 0 Å². The van der Waals surface area contributed by atoms with Crippen LogP contribution in [-0.2, 0) is 9.59 Å². The molecule has 0 aliphatic heterocycles. The molecule has 88 valence electrons. The molecule has 0 unspecified atom stereocenters. The number of aliphatic hydroxyl groups is 4. The van der Waals surface area contributed by atoms with Crippen molar-refractivity contribution >= 4 is 11.6 Å². The first kappa shape index (κ1) is 12.2. The van der Waals surface area contributed by atoms with Gasteiger partial charge in [-0.2, -0.15) is 0 Å². The average Bonchev–Trinajstić information content (AvgIpc) is 2.32. The second-order valence-corrected chi connectivity index (χ2v) is 3.14. The maximum atomic E-state index is 11.2. The van der Waals surface area contributed by atoms with Crippen molar-refractivity contribution in [3.05, 3.63) is 0 Å². The molecule has 0 amide bonds. The van der Waals surface area contributed by atoms with Crippen molar-refractivity contribution in [3.8, 4) is 0 Å². The van der Waals surface area contributed by atoms with Crippen molar-refractivity contribution in [2.75, 3.05) is 6.61 Å². The molecule has 0 fully saturated rings. The SMILES string of the molecule is [2H]N[C@@H](C)C(=O)C(=O)[C@H](O)[C@H](O)[C@H](O)CO. The molecule has 0 spiro atoms. The second-order valence-electron chi connectivity index (χ2n) is 3.14. The van der Waals surface area contributed by atoms with E-state index in [1.165, 1.54) is 6.92 Å².